The molecule has 0 saturated heterocycles. The summed E-state index contributed by atoms with van der Waals surface area (Å²) in [6.45, 7) is 0.669. The highest BCUT2D eigenvalue weighted by atomic mass is 32.1. The van der Waals surface area contributed by atoms with Crippen molar-refractivity contribution < 1.29 is 0 Å². The van der Waals surface area contributed by atoms with Crippen LogP contribution in [0.1, 0.15) is 17.2 Å². The molecule has 122 valence electrons. The monoisotopic (exact) mass is 345 g/mol. The Kier molecular flexibility index (Phi) is 3.92. The van der Waals surface area contributed by atoms with E-state index in [0.29, 0.717) is 17.2 Å². The van der Waals surface area contributed by atoms with E-state index in [1.807, 2.05) is 30.7 Å². The third-order valence-corrected chi connectivity index (χ3v) is 4.57. The minimum atomic E-state index is 0.161. The number of fused-ring (bicyclic) bond motifs is 3. The van der Waals surface area contributed by atoms with Crippen LogP contribution in [-0.4, -0.2) is 21.2 Å². The Morgan fingerprint density at radius 3 is 2.80 bits per heavy atom. The summed E-state index contributed by atoms with van der Waals surface area (Å²) in [5.74, 6) is 0. The lowest BCUT2D eigenvalue weighted by Gasteiger charge is -2.17. The third kappa shape index (κ3) is 2.86. The Morgan fingerprint density at radius 1 is 1.20 bits per heavy atom. The van der Waals surface area contributed by atoms with Gasteiger partial charge in [-0.2, -0.15) is 5.26 Å². The highest BCUT2D eigenvalue weighted by Crippen LogP contribution is 2.38. The van der Waals surface area contributed by atoms with Crippen LogP contribution >= 0.6 is 12.2 Å². The van der Waals surface area contributed by atoms with Crippen LogP contribution in [0, 0.1) is 11.3 Å². The molecule has 0 spiro atoms. The van der Waals surface area contributed by atoms with Crippen LogP contribution in [0.25, 0.3) is 11.3 Å². The Bertz CT molecular complexity index is 968. The molecule has 4 rings (SSSR count). The summed E-state index contributed by atoms with van der Waals surface area (Å²) in [6.07, 6.45) is 3.75. The highest BCUT2D eigenvalue weighted by Gasteiger charge is 2.27. The van der Waals surface area contributed by atoms with Crippen molar-refractivity contribution in [2.45, 2.75) is 6.04 Å². The van der Waals surface area contributed by atoms with Gasteiger partial charge in [-0.3, -0.25) is 0 Å². The largest absolute Gasteiger partial charge is 0.360 e. The molecule has 6 heteroatoms. The maximum Gasteiger partial charge on any atom is 0.170 e. The van der Waals surface area contributed by atoms with Gasteiger partial charge in [0.1, 0.15) is 0 Å². The number of hydrogen-bond donors (Lipinski definition) is 2. The number of nitriles is 1. The molecule has 3 aromatic rings. The van der Waals surface area contributed by atoms with E-state index in [1.54, 1.807) is 12.1 Å². The average Bonchev–Trinajstić information content (AvgIpc) is 3.22. The molecule has 25 heavy (non-hydrogen) atoms. The topological polar surface area (TPSA) is 65.7 Å². The molecule has 2 heterocycles. The molecule has 2 N–H and O–H groups in total. The maximum atomic E-state index is 8.84. The number of nitrogens with zero attached hydrogens (tertiary/aromatic N) is 3. The lowest BCUT2D eigenvalue weighted by molar-refractivity contribution is 0.595. The van der Waals surface area contributed by atoms with Gasteiger partial charge < -0.3 is 15.2 Å². The van der Waals surface area contributed by atoms with Crippen LogP contribution in [0.15, 0.2) is 61.1 Å². The standard InChI is InChI=1S/C19H15N5S/c20-9-13-5-7-14(8-6-13)23-19(25)22-11-18-16-4-2-1-3-15(16)17-10-21-12-24(17)18/h1-8,10,12,18H,11H2,(H2,22,23,25). The molecule has 1 aliphatic heterocycles. The van der Waals surface area contributed by atoms with Crippen molar-refractivity contribution in [2.75, 3.05) is 11.9 Å². The number of imidazole rings is 1. The van der Waals surface area contributed by atoms with Crippen molar-refractivity contribution in [1.29, 1.82) is 5.26 Å². The number of nitrogens with one attached hydrogen (secondary N) is 2. The molecule has 1 atom stereocenters. The van der Waals surface area contributed by atoms with E-state index < -0.39 is 0 Å². The molecule has 0 saturated carbocycles. The van der Waals surface area contributed by atoms with Gasteiger partial charge in [-0.1, -0.05) is 24.3 Å². The van der Waals surface area contributed by atoms with Crippen LogP contribution in [0.5, 0.6) is 0 Å². The molecule has 5 nitrogen and oxygen atoms in total. The van der Waals surface area contributed by atoms with Crippen molar-refractivity contribution in [1.82, 2.24) is 14.9 Å². The first-order valence-electron chi connectivity index (χ1n) is 7.92. The van der Waals surface area contributed by atoms with E-state index in [-0.39, 0.29) is 6.04 Å². The molecule has 0 aliphatic carbocycles. The predicted molar refractivity (Wildman–Crippen MR) is 101 cm³/mol. The van der Waals surface area contributed by atoms with Gasteiger partial charge in [0.05, 0.1) is 35.9 Å². The van der Waals surface area contributed by atoms with E-state index in [9.17, 15) is 0 Å². The van der Waals surface area contributed by atoms with Gasteiger partial charge >= 0.3 is 0 Å². The molecular formula is C19H15N5S. The molecule has 1 unspecified atom stereocenters. The Hall–Kier alpha value is -3.17. The summed E-state index contributed by atoms with van der Waals surface area (Å²) in [6, 6.07) is 17.8. The maximum absolute atomic E-state index is 8.84. The predicted octanol–water partition coefficient (Wildman–Crippen LogP) is 3.31. The number of rotatable bonds is 3. The Labute approximate surface area is 150 Å². The van der Waals surface area contributed by atoms with E-state index in [0.717, 1.165) is 11.4 Å². The first-order chi connectivity index (χ1) is 12.3. The van der Waals surface area contributed by atoms with Gasteiger partial charge in [-0.05, 0) is 42.0 Å². The molecule has 0 bridgehead atoms. The van der Waals surface area contributed by atoms with Crippen LogP contribution in [0.3, 0.4) is 0 Å². The van der Waals surface area contributed by atoms with Crippen molar-refractivity contribution in [2.24, 2.45) is 0 Å². The highest BCUT2D eigenvalue weighted by molar-refractivity contribution is 7.80. The van der Waals surface area contributed by atoms with E-state index in [2.05, 4.69) is 44.5 Å². The molecule has 1 aliphatic rings. The zero-order valence-corrected chi connectivity index (χ0v) is 14.1. The van der Waals surface area contributed by atoms with Crippen molar-refractivity contribution in [3.63, 3.8) is 0 Å². The fraction of sp³-hybridized carbons (Fsp3) is 0.105. The third-order valence-electron chi connectivity index (χ3n) is 4.33. The smallest absolute Gasteiger partial charge is 0.170 e. The van der Waals surface area contributed by atoms with Gasteiger partial charge in [0.25, 0.3) is 0 Å². The SMILES string of the molecule is N#Cc1ccc(NC(=S)NCC2c3ccccc3-c3cncn32)cc1. The fourth-order valence-electron chi connectivity index (χ4n) is 3.13. The molecule has 0 fully saturated rings. The minimum absolute atomic E-state index is 0.161. The van der Waals surface area contributed by atoms with Gasteiger partial charge in [-0.15, -0.1) is 0 Å². The summed E-state index contributed by atoms with van der Waals surface area (Å²) in [5.41, 5.74) is 5.10. The summed E-state index contributed by atoms with van der Waals surface area (Å²) >= 11 is 5.40. The van der Waals surface area contributed by atoms with Crippen LogP contribution < -0.4 is 10.6 Å². The second kappa shape index (κ2) is 6.38. The lowest BCUT2D eigenvalue weighted by atomic mass is 10.0. The van der Waals surface area contributed by atoms with E-state index in [1.165, 1.54) is 11.1 Å². The van der Waals surface area contributed by atoms with Crippen molar-refractivity contribution in [3.8, 4) is 17.3 Å². The van der Waals surface area contributed by atoms with Gasteiger partial charge in [0.15, 0.2) is 5.11 Å². The number of hydrogen-bond acceptors (Lipinski definition) is 3. The molecule has 0 amide bonds. The van der Waals surface area contributed by atoms with Gasteiger partial charge in [-0.25, -0.2) is 4.98 Å². The Morgan fingerprint density at radius 2 is 2.00 bits per heavy atom. The van der Waals surface area contributed by atoms with Crippen LogP contribution in [0.4, 0.5) is 5.69 Å². The van der Waals surface area contributed by atoms with E-state index in [4.69, 9.17) is 17.5 Å². The second-order valence-electron chi connectivity index (χ2n) is 5.81. The summed E-state index contributed by atoms with van der Waals surface area (Å²) in [7, 11) is 0. The first-order valence-corrected chi connectivity index (χ1v) is 8.33. The fourth-order valence-corrected chi connectivity index (χ4v) is 3.33. The van der Waals surface area contributed by atoms with Crippen molar-refractivity contribution in [3.05, 3.63) is 72.2 Å². The summed E-state index contributed by atoms with van der Waals surface area (Å²) in [4.78, 5) is 4.26. The van der Waals surface area contributed by atoms with Crippen LogP contribution in [-0.2, 0) is 0 Å². The second-order valence-corrected chi connectivity index (χ2v) is 6.22. The number of benzene rings is 2. The first kappa shape index (κ1) is 15.4. The summed E-state index contributed by atoms with van der Waals surface area (Å²) in [5, 5.41) is 15.8. The Balaban J connectivity index is 1.45. The lowest BCUT2D eigenvalue weighted by Crippen LogP contribution is -2.33. The summed E-state index contributed by atoms with van der Waals surface area (Å²) < 4.78 is 2.17. The van der Waals surface area contributed by atoms with Crippen LogP contribution in [0.2, 0.25) is 0 Å². The molecule has 2 aromatic carbocycles. The number of aromatic nitrogens is 2. The van der Waals surface area contributed by atoms with E-state index >= 15 is 0 Å². The van der Waals surface area contributed by atoms with Gasteiger partial charge in [0.2, 0.25) is 0 Å². The number of thiocarbonyl (C=S) groups is 1. The normalized spacial score (nSPS) is 14.3. The van der Waals surface area contributed by atoms with Crippen molar-refractivity contribution >= 4 is 23.0 Å². The molecule has 1 aromatic heterocycles. The average molecular weight is 345 g/mol. The molecular weight excluding hydrogens is 330 g/mol. The number of anilines is 1. The molecule has 0 radical (unpaired) electrons. The quantitative estimate of drug-likeness (QED) is 0.713. The van der Waals surface area contributed by atoms with Gasteiger partial charge in [0, 0.05) is 17.8 Å². The minimum Gasteiger partial charge on any atom is -0.360 e. The zero-order chi connectivity index (χ0) is 17.2. The zero-order valence-electron chi connectivity index (χ0n) is 13.3.